The summed E-state index contributed by atoms with van der Waals surface area (Å²) in [5, 5.41) is 9.58. The predicted octanol–water partition coefficient (Wildman–Crippen LogP) is 3.46. The molecule has 0 atom stereocenters. The van der Waals surface area contributed by atoms with Crippen molar-refractivity contribution in [2.45, 2.75) is 30.6 Å². The molecule has 0 amide bonds. The minimum atomic E-state index is 0.604. The number of halogens is 1. The first-order chi connectivity index (χ1) is 7.86. The van der Waals surface area contributed by atoms with Crippen molar-refractivity contribution >= 4 is 21.6 Å². The van der Waals surface area contributed by atoms with E-state index in [9.17, 15) is 0 Å². The first-order valence-corrected chi connectivity index (χ1v) is 6.76. The van der Waals surface area contributed by atoms with E-state index in [1.807, 2.05) is 0 Å². The van der Waals surface area contributed by atoms with Gasteiger partial charge in [0, 0.05) is 23.6 Å². The van der Waals surface area contributed by atoms with Crippen LogP contribution in [-0.2, 0) is 5.33 Å². The first-order valence-electron chi connectivity index (χ1n) is 5.64. The van der Waals surface area contributed by atoms with Gasteiger partial charge in [-0.15, -0.1) is 0 Å². The summed E-state index contributed by atoms with van der Waals surface area (Å²) in [7, 11) is 0. The highest BCUT2D eigenvalue weighted by Crippen LogP contribution is 2.34. The fourth-order valence-electron chi connectivity index (χ4n) is 1.96. The van der Waals surface area contributed by atoms with Gasteiger partial charge in [0.2, 0.25) is 0 Å². The van der Waals surface area contributed by atoms with E-state index in [-0.39, 0.29) is 0 Å². The summed E-state index contributed by atoms with van der Waals surface area (Å²) in [5.74, 6) is 0. The second kappa shape index (κ2) is 5.36. The summed E-state index contributed by atoms with van der Waals surface area (Å²) in [5.41, 5.74) is 2.60. The summed E-state index contributed by atoms with van der Waals surface area (Å²) in [6.45, 7) is 0.852. The van der Waals surface area contributed by atoms with Gasteiger partial charge < -0.3 is 4.90 Å². The lowest BCUT2D eigenvalue weighted by Crippen LogP contribution is -2.27. The standard InChI is InChI=1S/C13H15BrN2/c14-10-11-4-1-2-5-13(11)16(9-3-8-15)12-6-7-12/h1-2,4-5,12H,3,6-7,9-10H2. The van der Waals surface area contributed by atoms with Gasteiger partial charge in [0.05, 0.1) is 12.5 Å². The Morgan fingerprint density at radius 3 is 2.75 bits per heavy atom. The molecule has 2 rings (SSSR count). The molecule has 2 nitrogen and oxygen atoms in total. The number of nitrogens with zero attached hydrogens (tertiary/aromatic N) is 2. The molecule has 0 bridgehead atoms. The Hall–Kier alpha value is -1.01. The molecular weight excluding hydrogens is 264 g/mol. The molecule has 1 saturated carbocycles. The number of rotatable bonds is 5. The van der Waals surface area contributed by atoms with E-state index in [0.29, 0.717) is 12.5 Å². The van der Waals surface area contributed by atoms with Gasteiger partial charge in [-0.2, -0.15) is 5.26 Å². The number of alkyl halides is 1. The van der Waals surface area contributed by atoms with Crippen molar-refractivity contribution in [3.63, 3.8) is 0 Å². The lowest BCUT2D eigenvalue weighted by Gasteiger charge is -2.25. The van der Waals surface area contributed by atoms with Crippen molar-refractivity contribution in [1.82, 2.24) is 0 Å². The number of nitriles is 1. The third-order valence-electron chi connectivity index (χ3n) is 2.90. The Labute approximate surface area is 105 Å². The summed E-state index contributed by atoms with van der Waals surface area (Å²) in [6, 6.07) is 11.3. The van der Waals surface area contributed by atoms with Gasteiger partial charge in [0.1, 0.15) is 0 Å². The van der Waals surface area contributed by atoms with Gasteiger partial charge in [-0.3, -0.25) is 0 Å². The second-order valence-corrected chi connectivity index (χ2v) is 4.66. The van der Waals surface area contributed by atoms with Crippen LogP contribution in [0, 0.1) is 11.3 Å². The molecule has 0 radical (unpaired) electrons. The van der Waals surface area contributed by atoms with Gasteiger partial charge in [0.25, 0.3) is 0 Å². The molecule has 0 aromatic heterocycles. The number of anilines is 1. The minimum Gasteiger partial charge on any atom is -0.367 e. The Kier molecular flexibility index (Phi) is 3.84. The molecule has 1 aromatic carbocycles. The molecule has 84 valence electrons. The molecule has 0 saturated heterocycles. The third-order valence-corrected chi connectivity index (χ3v) is 3.50. The monoisotopic (exact) mass is 278 g/mol. The summed E-state index contributed by atoms with van der Waals surface area (Å²) in [4.78, 5) is 2.39. The average molecular weight is 279 g/mol. The smallest absolute Gasteiger partial charge is 0.0640 e. The van der Waals surface area contributed by atoms with Crippen LogP contribution >= 0.6 is 15.9 Å². The maximum absolute atomic E-state index is 8.70. The van der Waals surface area contributed by atoms with E-state index in [1.54, 1.807) is 0 Å². The first kappa shape index (κ1) is 11.5. The van der Waals surface area contributed by atoms with Crippen molar-refractivity contribution in [2.24, 2.45) is 0 Å². The fraction of sp³-hybridized carbons (Fsp3) is 0.462. The minimum absolute atomic E-state index is 0.604. The molecular formula is C13H15BrN2. The summed E-state index contributed by atoms with van der Waals surface area (Å²) >= 11 is 3.52. The highest BCUT2D eigenvalue weighted by atomic mass is 79.9. The normalized spacial score (nSPS) is 14.5. The van der Waals surface area contributed by atoms with Crippen LogP contribution in [0.2, 0.25) is 0 Å². The van der Waals surface area contributed by atoms with Crippen LogP contribution in [0.25, 0.3) is 0 Å². The topological polar surface area (TPSA) is 27.0 Å². The number of hydrogen-bond donors (Lipinski definition) is 0. The van der Waals surface area contributed by atoms with Crippen LogP contribution in [0.5, 0.6) is 0 Å². The van der Waals surface area contributed by atoms with E-state index >= 15 is 0 Å². The maximum atomic E-state index is 8.70. The van der Waals surface area contributed by atoms with E-state index < -0.39 is 0 Å². The Balaban J connectivity index is 2.20. The third kappa shape index (κ3) is 2.56. The largest absolute Gasteiger partial charge is 0.367 e. The molecule has 3 heteroatoms. The number of para-hydroxylation sites is 1. The van der Waals surface area contributed by atoms with E-state index in [0.717, 1.165) is 11.9 Å². The van der Waals surface area contributed by atoms with Gasteiger partial charge in [-0.05, 0) is 24.5 Å². The highest BCUT2D eigenvalue weighted by Gasteiger charge is 2.29. The molecule has 1 aliphatic carbocycles. The van der Waals surface area contributed by atoms with E-state index in [1.165, 1.54) is 24.1 Å². The van der Waals surface area contributed by atoms with E-state index in [4.69, 9.17) is 5.26 Å². The quantitative estimate of drug-likeness (QED) is 0.772. The maximum Gasteiger partial charge on any atom is 0.0640 e. The van der Waals surface area contributed by atoms with Gasteiger partial charge >= 0.3 is 0 Å². The fourth-order valence-corrected chi connectivity index (χ4v) is 2.43. The molecule has 0 aliphatic heterocycles. The number of hydrogen-bond acceptors (Lipinski definition) is 2. The lowest BCUT2D eigenvalue weighted by atomic mass is 10.1. The van der Waals surface area contributed by atoms with E-state index in [2.05, 4.69) is 51.2 Å². The van der Waals surface area contributed by atoms with Gasteiger partial charge in [-0.25, -0.2) is 0 Å². The van der Waals surface area contributed by atoms with Crippen molar-refractivity contribution in [2.75, 3.05) is 11.4 Å². The van der Waals surface area contributed by atoms with Crippen LogP contribution in [-0.4, -0.2) is 12.6 Å². The van der Waals surface area contributed by atoms with Crippen LogP contribution in [0.4, 0.5) is 5.69 Å². The number of benzene rings is 1. The second-order valence-electron chi connectivity index (χ2n) is 4.10. The van der Waals surface area contributed by atoms with Crippen molar-refractivity contribution in [3.8, 4) is 6.07 Å². The Morgan fingerprint density at radius 2 is 2.12 bits per heavy atom. The zero-order valence-corrected chi connectivity index (χ0v) is 10.8. The Morgan fingerprint density at radius 1 is 1.38 bits per heavy atom. The van der Waals surface area contributed by atoms with Crippen molar-refractivity contribution in [1.29, 1.82) is 5.26 Å². The van der Waals surface area contributed by atoms with Crippen LogP contribution in [0.1, 0.15) is 24.8 Å². The molecule has 0 N–H and O–H groups in total. The Bertz CT molecular complexity index is 393. The highest BCUT2D eigenvalue weighted by molar-refractivity contribution is 9.08. The summed E-state index contributed by atoms with van der Waals surface area (Å²) in [6.07, 6.45) is 3.14. The van der Waals surface area contributed by atoms with Crippen molar-refractivity contribution < 1.29 is 0 Å². The lowest BCUT2D eigenvalue weighted by molar-refractivity contribution is 0.789. The summed E-state index contributed by atoms with van der Waals surface area (Å²) < 4.78 is 0. The molecule has 1 aliphatic rings. The molecule has 0 spiro atoms. The SMILES string of the molecule is N#CCCN(c1ccccc1CBr)C1CC1. The zero-order chi connectivity index (χ0) is 11.4. The van der Waals surface area contributed by atoms with Crippen LogP contribution in [0.15, 0.2) is 24.3 Å². The average Bonchev–Trinajstić information content (AvgIpc) is 3.14. The van der Waals surface area contributed by atoms with Gasteiger partial charge in [0.15, 0.2) is 0 Å². The zero-order valence-electron chi connectivity index (χ0n) is 9.19. The molecule has 1 aromatic rings. The van der Waals surface area contributed by atoms with Crippen LogP contribution in [0.3, 0.4) is 0 Å². The van der Waals surface area contributed by atoms with Crippen molar-refractivity contribution in [3.05, 3.63) is 29.8 Å². The molecule has 16 heavy (non-hydrogen) atoms. The predicted molar refractivity (Wildman–Crippen MR) is 69.7 cm³/mol. The van der Waals surface area contributed by atoms with Crippen LogP contribution < -0.4 is 4.90 Å². The molecule has 1 fully saturated rings. The molecule has 0 heterocycles. The van der Waals surface area contributed by atoms with Gasteiger partial charge in [-0.1, -0.05) is 34.1 Å². The molecule has 0 unspecified atom stereocenters.